The van der Waals surface area contributed by atoms with Gasteiger partial charge in [-0.1, -0.05) is 12.1 Å². The van der Waals surface area contributed by atoms with Crippen molar-refractivity contribution in [1.82, 2.24) is 9.97 Å². The van der Waals surface area contributed by atoms with Gasteiger partial charge in [0.15, 0.2) is 11.6 Å². The van der Waals surface area contributed by atoms with E-state index >= 15 is 0 Å². The summed E-state index contributed by atoms with van der Waals surface area (Å²) in [6, 6.07) is 11.8. The first-order chi connectivity index (χ1) is 13.4. The van der Waals surface area contributed by atoms with Gasteiger partial charge in [0.2, 0.25) is 5.95 Å². The molecule has 0 aliphatic heterocycles. The van der Waals surface area contributed by atoms with Gasteiger partial charge >= 0.3 is 0 Å². The minimum Gasteiger partial charge on any atom is -0.489 e. The van der Waals surface area contributed by atoms with Crippen molar-refractivity contribution in [2.45, 2.75) is 20.0 Å². The summed E-state index contributed by atoms with van der Waals surface area (Å²) >= 11 is 0. The van der Waals surface area contributed by atoms with E-state index in [0.717, 1.165) is 12.1 Å². The van der Waals surface area contributed by atoms with Crippen LogP contribution in [0.2, 0.25) is 0 Å². The van der Waals surface area contributed by atoms with E-state index in [1.807, 2.05) is 32.0 Å². The van der Waals surface area contributed by atoms with Crippen LogP contribution in [0.4, 0.5) is 26.1 Å². The maximum atomic E-state index is 13.3. The Bertz CT molecular complexity index is 995. The van der Waals surface area contributed by atoms with E-state index in [2.05, 4.69) is 20.6 Å². The Hall–Kier alpha value is -3.55. The molecule has 0 saturated heterocycles. The fraction of sp³-hybridized carbons (Fsp3) is 0.150. The second-order valence-electron chi connectivity index (χ2n) is 6.14. The molecule has 0 radical (unpaired) electrons. The zero-order valence-electron chi connectivity index (χ0n) is 15.2. The predicted octanol–water partition coefficient (Wildman–Crippen LogP) is 4.54. The Morgan fingerprint density at radius 2 is 1.86 bits per heavy atom. The van der Waals surface area contributed by atoms with Crippen molar-refractivity contribution in [2.75, 3.05) is 10.6 Å². The molecule has 6 nitrogen and oxygen atoms in total. The zero-order chi connectivity index (χ0) is 20.1. The molecule has 28 heavy (non-hydrogen) atoms. The molecule has 1 heterocycles. The van der Waals surface area contributed by atoms with Crippen molar-refractivity contribution >= 4 is 23.2 Å². The molecule has 2 N–H and O–H groups in total. The minimum absolute atomic E-state index is 0.0166. The third kappa shape index (κ3) is 4.79. The van der Waals surface area contributed by atoms with Crippen LogP contribution in [0.25, 0.3) is 0 Å². The molecular formula is C20H18F2N4O2. The molecular weight excluding hydrogens is 366 g/mol. The first-order valence-corrected chi connectivity index (χ1v) is 8.54. The number of para-hydroxylation sites is 2. The fourth-order valence-electron chi connectivity index (χ4n) is 2.36. The lowest BCUT2D eigenvalue weighted by Crippen LogP contribution is -2.15. The minimum atomic E-state index is -1.05. The fourth-order valence-corrected chi connectivity index (χ4v) is 2.36. The molecule has 8 heteroatoms. The van der Waals surface area contributed by atoms with Gasteiger partial charge in [-0.2, -0.15) is 0 Å². The number of aromatic nitrogens is 2. The normalized spacial score (nSPS) is 10.6. The Balaban J connectivity index is 1.77. The van der Waals surface area contributed by atoms with Crippen LogP contribution in [-0.4, -0.2) is 22.0 Å². The summed E-state index contributed by atoms with van der Waals surface area (Å²) in [5, 5.41) is 5.48. The average Bonchev–Trinajstić information content (AvgIpc) is 2.66. The molecule has 0 saturated carbocycles. The number of nitrogens with zero attached hydrogens (tertiary/aromatic N) is 2. The number of nitrogens with one attached hydrogen (secondary N) is 2. The van der Waals surface area contributed by atoms with Gasteiger partial charge in [-0.15, -0.1) is 0 Å². The zero-order valence-corrected chi connectivity index (χ0v) is 15.2. The van der Waals surface area contributed by atoms with Crippen molar-refractivity contribution in [1.29, 1.82) is 0 Å². The molecule has 0 atom stereocenters. The molecule has 3 aromatic rings. The van der Waals surface area contributed by atoms with E-state index in [0.29, 0.717) is 11.4 Å². The number of anilines is 3. The van der Waals surface area contributed by atoms with Crippen molar-refractivity contribution in [3.63, 3.8) is 0 Å². The largest absolute Gasteiger partial charge is 0.489 e. The quantitative estimate of drug-likeness (QED) is 0.653. The second kappa shape index (κ2) is 8.43. The van der Waals surface area contributed by atoms with Crippen LogP contribution in [0, 0.1) is 11.6 Å². The number of rotatable bonds is 6. The van der Waals surface area contributed by atoms with Gasteiger partial charge in [-0.05, 0) is 44.2 Å². The van der Waals surface area contributed by atoms with Gasteiger partial charge in [0.05, 0.1) is 11.8 Å². The van der Waals surface area contributed by atoms with Crippen molar-refractivity contribution in [2.24, 2.45) is 0 Å². The van der Waals surface area contributed by atoms with Gasteiger partial charge in [-0.3, -0.25) is 4.79 Å². The highest BCUT2D eigenvalue weighted by atomic mass is 19.2. The first kappa shape index (κ1) is 19.2. The second-order valence-corrected chi connectivity index (χ2v) is 6.14. The topological polar surface area (TPSA) is 76.1 Å². The molecule has 0 fully saturated rings. The van der Waals surface area contributed by atoms with Gasteiger partial charge < -0.3 is 15.4 Å². The van der Waals surface area contributed by atoms with E-state index in [-0.39, 0.29) is 23.4 Å². The Kier molecular flexibility index (Phi) is 5.78. The Morgan fingerprint density at radius 3 is 2.61 bits per heavy atom. The molecule has 0 bridgehead atoms. The highest BCUT2D eigenvalue weighted by molar-refractivity contribution is 6.03. The summed E-state index contributed by atoms with van der Waals surface area (Å²) in [7, 11) is 0. The molecule has 0 unspecified atom stereocenters. The Morgan fingerprint density at radius 1 is 1.07 bits per heavy atom. The average molecular weight is 384 g/mol. The van der Waals surface area contributed by atoms with Crippen molar-refractivity contribution < 1.29 is 18.3 Å². The maximum absolute atomic E-state index is 13.3. The molecule has 2 aromatic carbocycles. The van der Waals surface area contributed by atoms with Crippen LogP contribution in [-0.2, 0) is 0 Å². The highest BCUT2D eigenvalue weighted by Gasteiger charge is 2.12. The van der Waals surface area contributed by atoms with Crippen LogP contribution < -0.4 is 15.4 Å². The standard InChI is InChI=1S/C20H18F2N4O2/c1-12(2)28-18-6-4-3-5-16(18)25-20-23-10-9-17(26-20)19(27)24-13-7-8-14(21)15(22)11-13/h3-12H,1-2H3,(H,24,27)(H,23,25,26). The van der Waals surface area contributed by atoms with Crippen molar-refractivity contribution in [3.05, 3.63) is 72.1 Å². The number of hydrogen-bond acceptors (Lipinski definition) is 5. The first-order valence-electron chi connectivity index (χ1n) is 8.54. The molecule has 1 amide bonds. The lowest BCUT2D eigenvalue weighted by molar-refractivity contribution is 0.102. The number of halogens is 2. The van der Waals surface area contributed by atoms with Crippen LogP contribution in [0.3, 0.4) is 0 Å². The van der Waals surface area contributed by atoms with E-state index in [4.69, 9.17) is 4.74 Å². The molecule has 0 aliphatic rings. The number of hydrogen-bond donors (Lipinski definition) is 2. The predicted molar refractivity (Wildman–Crippen MR) is 102 cm³/mol. The molecule has 0 spiro atoms. The summed E-state index contributed by atoms with van der Waals surface area (Å²) in [5.41, 5.74) is 0.826. The van der Waals surface area contributed by atoms with Crippen LogP contribution in [0.1, 0.15) is 24.3 Å². The van der Waals surface area contributed by atoms with E-state index in [1.54, 1.807) is 6.07 Å². The van der Waals surface area contributed by atoms with E-state index in [1.165, 1.54) is 18.3 Å². The monoisotopic (exact) mass is 384 g/mol. The number of carbonyl (C=O) groups excluding carboxylic acids is 1. The third-order valence-corrected chi connectivity index (χ3v) is 3.56. The smallest absolute Gasteiger partial charge is 0.274 e. The van der Waals surface area contributed by atoms with Gasteiger partial charge in [0, 0.05) is 18.0 Å². The van der Waals surface area contributed by atoms with E-state index in [9.17, 15) is 13.6 Å². The molecule has 3 rings (SSSR count). The van der Waals surface area contributed by atoms with Gasteiger partial charge in [-0.25, -0.2) is 18.7 Å². The SMILES string of the molecule is CC(C)Oc1ccccc1Nc1nccc(C(=O)Nc2ccc(F)c(F)c2)n1. The highest BCUT2D eigenvalue weighted by Crippen LogP contribution is 2.27. The summed E-state index contributed by atoms with van der Waals surface area (Å²) in [6.07, 6.45) is 1.40. The van der Waals surface area contributed by atoms with Crippen LogP contribution in [0.5, 0.6) is 5.75 Å². The summed E-state index contributed by atoms with van der Waals surface area (Å²) in [4.78, 5) is 20.6. The van der Waals surface area contributed by atoms with Crippen LogP contribution in [0.15, 0.2) is 54.7 Å². The van der Waals surface area contributed by atoms with Gasteiger partial charge in [0.25, 0.3) is 5.91 Å². The summed E-state index contributed by atoms with van der Waals surface area (Å²) < 4.78 is 32.0. The maximum Gasteiger partial charge on any atom is 0.274 e. The number of amides is 1. The molecule has 144 valence electrons. The lowest BCUT2D eigenvalue weighted by atomic mass is 10.3. The summed E-state index contributed by atoms with van der Waals surface area (Å²) in [6.45, 7) is 3.83. The third-order valence-electron chi connectivity index (χ3n) is 3.56. The summed E-state index contributed by atoms with van der Waals surface area (Å²) in [5.74, 6) is -1.81. The number of ether oxygens (including phenoxy) is 1. The van der Waals surface area contributed by atoms with Gasteiger partial charge in [0.1, 0.15) is 11.4 Å². The van der Waals surface area contributed by atoms with E-state index < -0.39 is 17.5 Å². The number of carbonyl (C=O) groups is 1. The lowest BCUT2D eigenvalue weighted by Gasteiger charge is -2.14. The molecule has 1 aromatic heterocycles. The molecule has 0 aliphatic carbocycles. The number of benzene rings is 2. The Labute approximate surface area is 160 Å². The van der Waals surface area contributed by atoms with Crippen LogP contribution >= 0.6 is 0 Å². The van der Waals surface area contributed by atoms with Crippen molar-refractivity contribution in [3.8, 4) is 5.75 Å².